The Hall–Kier alpha value is -3.17. The molecule has 162 valence electrons. The van der Waals surface area contributed by atoms with Gasteiger partial charge in [-0.25, -0.2) is 17.4 Å². The van der Waals surface area contributed by atoms with Gasteiger partial charge in [-0.05, 0) is 49.2 Å². The second-order valence-corrected chi connectivity index (χ2v) is 9.73. The van der Waals surface area contributed by atoms with Crippen molar-refractivity contribution in [2.75, 3.05) is 26.5 Å². The lowest BCUT2D eigenvalue weighted by molar-refractivity contribution is 0.101. The Labute approximate surface area is 181 Å². The van der Waals surface area contributed by atoms with E-state index in [9.17, 15) is 13.2 Å². The normalized spacial score (nSPS) is 13.9. The van der Waals surface area contributed by atoms with Gasteiger partial charge >= 0.3 is 0 Å². The Morgan fingerprint density at radius 1 is 1.13 bits per heavy atom. The van der Waals surface area contributed by atoms with Crippen molar-refractivity contribution in [2.24, 2.45) is 0 Å². The summed E-state index contributed by atoms with van der Waals surface area (Å²) in [4.78, 5) is 13.3. The predicted molar refractivity (Wildman–Crippen MR) is 117 cm³/mol. The number of ether oxygens (including phenoxy) is 1. The molecule has 0 saturated heterocycles. The first kappa shape index (κ1) is 21.1. The summed E-state index contributed by atoms with van der Waals surface area (Å²) in [6.45, 7) is 0. The minimum Gasteiger partial charge on any atom is -0.495 e. The number of rotatable bonds is 7. The van der Waals surface area contributed by atoms with Gasteiger partial charge in [0, 0.05) is 20.0 Å². The fourth-order valence-corrected chi connectivity index (χ4v) is 4.18. The molecule has 1 fully saturated rings. The van der Waals surface area contributed by atoms with Crippen molar-refractivity contribution in [3.05, 3.63) is 66.0 Å². The van der Waals surface area contributed by atoms with Crippen LogP contribution in [0.15, 0.2) is 59.5 Å². The fourth-order valence-electron chi connectivity index (χ4n) is 3.25. The largest absolute Gasteiger partial charge is 0.495 e. The van der Waals surface area contributed by atoms with Crippen molar-refractivity contribution in [3.63, 3.8) is 0 Å². The fraction of sp³-hybridized carbons (Fsp3) is 0.273. The van der Waals surface area contributed by atoms with Crippen LogP contribution in [0.3, 0.4) is 0 Å². The highest BCUT2D eigenvalue weighted by atomic mass is 32.2. The maximum Gasteiger partial charge on any atom is 0.274 e. The highest BCUT2D eigenvalue weighted by Crippen LogP contribution is 2.40. The maximum absolute atomic E-state index is 13.2. The third-order valence-corrected chi connectivity index (χ3v) is 6.97. The third-order valence-electron chi connectivity index (χ3n) is 5.16. The summed E-state index contributed by atoms with van der Waals surface area (Å²) in [5, 5.41) is 7.45. The van der Waals surface area contributed by atoms with Crippen LogP contribution >= 0.6 is 0 Å². The average molecular weight is 441 g/mol. The van der Waals surface area contributed by atoms with Gasteiger partial charge < -0.3 is 10.1 Å². The van der Waals surface area contributed by atoms with Gasteiger partial charge in [0.1, 0.15) is 11.4 Å². The molecule has 0 unspecified atom stereocenters. The Morgan fingerprint density at radius 2 is 1.84 bits per heavy atom. The first-order valence-corrected chi connectivity index (χ1v) is 11.3. The lowest BCUT2D eigenvalue weighted by Crippen LogP contribution is -2.23. The molecule has 1 heterocycles. The molecule has 0 spiro atoms. The van der Waals surface area contributed by atoms with Gasteiger partial charge in [0.15, 0.2) is 0 Å². The van der Waals surface area contributed by atoms with E-state index in [2.05, 4.69) is 10.4 Å². The Morgan fingerprint density at radius 3 is 2.45 bits per heavy atom. The number of carbonyl (C=O) groups excluding carboxylic acids is 1. The zero-order chi connectivity index (χ0) is 22.2. The number of hydrogen-bond acceptors (Lipinski definition) is 5. The van der Waals surface area contributed by atoms with Crippen LogP contribution < -0.4 is 10.1 Å². The van der Waals surface area contributed by atoms with E-state index in [1.54, 1.807) is 10.7 Å². The summed E-state index contributed by atoms with van der Waals surface area (Å²) in [5.74, 6) is 0.333. The molecule has 0 bridgehead atoms. The summed E-state index contributed by atoms with van der Waals surface area (Å²) in [6.07, 6.45) is 2.12. The quantitative estimate of drug-likeness (QED) is 0.609. The zero-order valence-corrected chi connectivity index (χ0v) is 18.4. The Kier molecular flexibility index (Phi) is 5.55. The number of para-hydroxylation sites is 1. The third kappa shape index (κ3) is 4.19. The van der Waals surface area contributed by atoms with Crippen molar-refractivity contribution < 1.29 is 17.9 Å². The van der Waals surface area contributed by atoms with Crippen LogP contribution in [0.1, 0.15) is 34.9 Å². The molecule has 1 saturated carbocycles. The monoisotopic (exact) mass is 440 g/mol. The predicted octanol–water partition coefficient (Wildman–Crippen LogP) is 3.26. The average Bonchev–Trinajstić information content (AvgIpc) is 3.52. The Bertz CT molecular complexity index is 1220. The number of sulfonamides is 1. The first-order valence-electron chi connectivity index (χ1n) is 9.88. The number of aromatic nitrogens is 2. The van der Waals surface area contributed by atoms with Crippen LogP contribution in [0, 0.1) is 0 Å². The highest BCUT2D eigenvalue weighted by Gasteiger charge is 2.29. The van der Waals surface area contributed by atoms with Crippen molar-refractivity contribution in [1.82, 2.24) is 14.1 Å². The van der Waals surface area contributed by atoms with Crippen LogP contribution in [0.5, 0.6) is 5.75 Å². The standard InChI is InChI=1S/C22H24N4O4S/c1-25(2)31(28,29)17-11-12-21(30-3)19(13-17)23-22(27)20-14-18(15-9-10-15)24-26(20)16-7-5-4-6-8-16/h4-8,11-15H,9-10H2,1-3H3,(H,23,27). The maximum atomic E-state index is 13.2. The van der Waals surface area contributed by atoms with Crippen LogP contribution in [0.4, 0.5) is 5.69 Å². The molecule has 0 aliphatic heterocycles. The minimum atomic E-state index is -3.67. The van der Waals surface area contributed by atoms with Gasteiger partial charge in [-0.2, -0.15) is 5.10 Å². The van der Waals surface area contributed by atoms with Gasteiger partial charge in [0.05, 0.1) is 29.1 Å². The summed E-state index contributed by atoms with van der Waals surface area (Å²) in [6, 6.07) is 15.6. The number of nitrogens with zero attached hydrogens (tertiary/aromatic N) is 3. The zero-order valence-electron chi connectivity index (χ0n) is 17.6. The molecular weight excluding hydrogens is 416 g/mol. The van der Waals surface area contributed by atoms with E-state index >= 15 is 0 Å². The number of carbonyl (C=O) groups is 1. The second-order valence-electron chi connectivity index (χ2n) is 7.58. The topological polar surface area (TPSA) is 93.5 Å². The van der Waals surface area contributed by atoms with Crippen molar-refractivity contribution in [3.8, 4) is 11.4 Å². The number of hydrogen-bond donors (Lipinski definition) is 1. The lowest BCUT2D eigenvalue weighted by atomic mass is 10.2. The van der Waals surface area contributed by atoms with Gasteiger partial charge in [-0.15, -0.1) is 0 Å². The molecule has 8 nitrogen and oxygen atoms in total. The highest BCUT2D eigenvalue weighted by molar-refractivity contribution is 7.89. The molecular formula is C22H24N4O4S. The van der Waals surface area contributed by atoms with E-state index in [4.69, 9.17) is 4.74 Å². The number of methoxy groups -OCH3 is 1. The van der Waals surface area contributed by atoms with Crippen molar-refractivity contribution >= 4 is 21.6 Å². The van der Waals surface area contributed by atoms with Crippen LogP contribution in [-0.4, -0.2) is 49.6 Å². The minimum absolute atomic E-state index is 0.0591. The molecule has 1 N–H and O–H groups in total. The van der Waals surface area contributed by atoms with E-state index < -0.39 is 15.9 Å². The number of benzene rings is 2. The summed E-state index contributed by atoms with van der Waals surface area (Å²) < 4.78 is 33.1. The van der Waals surface area contributed by atoms with Crippen LogP contribution in [-0.2, 0) is 10.0 Å². The summed E-state index contributed by atoms with van der Waals surface area (Å²) in [7, 11) is 0.705. The van der Waals surface area contributed by atoms with Crippen LogP contribution in [0.2, 0.25) is 0 Å². The van der Waals surface area contributed by atoms with Crippen molar-refractivity contribution in [1.29, 1.82) is 0 Å². The number of anilines is 1. The van der Waals surface area contributed by atoms with E-state index in [0.29, 0.717) is 17.4 Å². The molecule has 0 radical (unpaired) electrons. The molecule has 1 amide bonds. The Balaban J connectivity index is 1.72. The molecule has 1 aliphatic carbocycles. The van der Waals surface area contributed by atoms with Gasteiger partial charge in [0.2, 0.25) is 10.0 Å². The van der Waals surface area contributed by atoms with Gasteiger partial charge in [-0.3, -0.25) is 4.79 Å². The van der Waals surface area contributed by atoms with Crippen LogP contribution in [0.25, 0.3) is 5.69 Å². The molecule has 0 atom stereocenters. The van der Waals surface area contributed by atoms with E-state index in [0.717, 1.165) is 28.5 Å². The SMILES string of the molecule is COc1ccc(S(=O)(=O)N(C)C)cc1NC(=O)c1cc(C2CC2)nn1-c1ccccc1. The van der Waals surface area contributed by atoms with Gasteiger partial charge in [0.25, 0.3) is 5.91 Å². The first-order chi connectivity index (χ1) is 14.8. The second kappa shape index (κ2) is 8.16. The van der Waals surface area contributed by atoms with Crippen molar-refractivity contribution in [2.45, 2.75) is 23.7 Å². The smallest absolute Gasteiger partial charge is 0.274 e. The van der Waals surface area contributed by atoms with Gasteiger partial charge in [-0.1, -0.05) is 18.2 Å². The molecule has 1 aromatic heterocycles. The van der Waals surface area contributed by atoms with E-state index in [-0.39, 0.29) is 10.6 Å². The van der Waals surface area contributed by atoms with E-state index in [1.165, 1.54) is 39.4 Å². The molecule has 31 heavy (non-hydrogen) atoms. The summed E-state index contributed by atoms with van der Waals surface area (Å²) in [5.41, 5.74) is 2.29. The molecule has 1 aliphatic rings. The van der Waals surface area contributed by atoms with E-state index in [1.807, 2.05) is 30.3 Å². The molecule has 9 heteroatoms. The molecule has 4 rings (SSSR count). The lowest BCUT2D eigenvalue weighted by Gasteiger charge is -2.15. The number of amides is 1. The number of nitrogens with one attached hydrogen (secondary N) is 1. The molecule has 2 aromatic carbocycles. The molecule has 3 aromatic rings. The summed E-state index contributed by atoms with van der Waals surface area (Å²) >= 11 is 0.